The topological polar surface area (TPSA) is 67.4 Å². The van der Waals surface area contributed by atoms with Gasteiger partial charge in [-0.2, -0.15) is 0 Å². The van der Waals surface area contributed by atoms with Gasteiger partial charge < -0.3 is 15.0 Å². The summed E-state index contributed by atoms with van der Waals surface area (Å²) in [5.74, 6) is 0.694. The maximum absolute atomic E-state index is 12.9. The predicted molar refractivity (Wildman–Crippen MR) is 119 cm³/mol. The highest BCUT2D eigenvalue weighted by molar-refractivity contribution is 7.99. The first-order valence-corrected chi connectivity index (χ1v) is 10.7. The first kappa shape index (κ1) is 20.4. The van der Waals surface area contributed by atoms with Gasteiger partial charge >= 0.3 is 0 Å². The molecule has 0 spiro atoms. The zero-order valence-corrected chi connectivity index (χ0v) is 17.9. The summed E-state index contributed by atoms with van der Waals surface area (Å²) < 4.78 is 5.38. The van der Waals surface area contributed by atoms with Crippen LogP contribution in [0, 0.1) is 13.8 Å². The summed E-state index contributed by atoms with van der Waals surface area (Å²) >= 11 is 1.49. The highest BCUT2D eigenvalue weighted by Crippen LogP contribution is 2.30. The Balaban J connectivity index is 1.47. The number of aromatic nitrogens is 2. The van der Waals surface area contributed by atoms with Crippen molar-refractivity contribution < 1.29 is 9.53 Å². The molecule has 1 N–H and O–H groups in total. The summed E-state index contributed by atoms with van der Waals surface area (Å²) in [7, 11) is 0. The van der Waals surface area contributed by atoms with E-state index in [-0.39, 0.29) is 5.91 Å². The molecule has 3 heterocycles. The monoisotopic (exact) mass is 420 g/mol. The van der Waals surface area contributed by atoms with Crippen LogP contribution in [0.4, 0.5) is 11.5 Å². The number of carbonyl (C=O) groups excluding carboxylic acids is 1. The fraction of sp³-hybridized carbons (Fsp3) is 0.261. The zero-order chi connectivity index (χ0) is 20.9. The predicted octanol–water partition coefficient (Wildman–Crippen LogP) is 4.33. The van der Waals surface area contributed by atoms with E-state index in [9.17, 15) is 4.79 Å². The van der Waals surface area contributed by atoms with Gasteiger partial charge in [-0.3, -0.25) is 4.79 Å². The van der Waals surface area contributed by atoms with Crippen molar-refractivity contribution >= 4 is 29.2 Å². The Labute approximate surface area is 180 Å². The van der Waals surface area contributed by atoms with Gasteiger partial charge in [0.15, 0.2) is 0 Å². The van der Waals surface area contributed by atoms with E-state index in [1.165, 1.54) is 22.9 Å². The van der Waals surface area contributed by atoms with Gasteiger partial charge in [0.05, 0.1) is 30.7 Å². The van der Waals surface area contributed by atoms with E-state index in [4.69, 9.17) is 4.74 Å². The number of nitrogens with zero attached hydrogens (tertiary/aromatic N) is 3. The summed E-state index contributed by atoms with van der Waals surface area (Å²) in [5, 5.41) is 3.61. The van der Waals surface area contributed by atoms with Crippen molar-refractivity contribution in [2.24, 2.45) is 0 Å². The number of pyridine rings is 2. The molecule has 0 aliphatic carbocycles. The first-order valence-electron chi connectivity index (χ1n) is 9.90. The molecule has 1 fully saturated rings. The SMILES string of the molecule is Cc1ccc(Sc2ncccc2C(=O)Nc2ccc(N3CCOCC3)nc2)cc1C. The third kappa shape index (κ3) is 4.80. The molecule has 1 aromatic carbocycles. The zero-order valence-electron chi connectivity index (χ0n) is 17.1. The van der Waals surface area contributed by atoms with E-state index in [2.05, 4.69) is 52.2 Å². The number of ether oxygens (including phenoxy) is 1. The van der Waals surface area contributed by atoms with Crippen LogP contribution in [0.2, 0.25) is 0 Å². The fourth-order valence-corrected chi connectivity index (χ4v) is 4.15. The largest absolute Gasteiger partial charge is 0.378 e. The molecule has 30 heavy (non-hydrogen) atoms. The number of hydrogen-bond donors (Lipinski definition) is 1. The molecule has 0 bridgehead atoms. The number of benzene rings is 1. The van der Waals surface area contributed by atoms with Gasteiger partial charge in [0.25, 0.3) is 5.91 Å². The van der Waals surface area contributed by atoms with Crippen molar-refractivity contribution in [3.63, 3.8) is 0 Å². The Morgan fingerprint density at radius 2 is 1.90 bits per heavy atom. The van der Waals surface area contributed by atoms with Gasteiger partial charge in [0, 0.05) is 24.2 Å². The van der Waals surface area contributed by atoms with E-state index in [0.717, 1.165) is 23.8 Å². The van der Waals surface area contributed by atoms with Crippen LogP contribution in [0.3, 0.4) is 0 Å². The Bertz CT molecular complexity index is 1030. The van der Waals surface area contributed by atoms with Crippen molar-refractivity contribution in [3.05, 3.63) is 71.5 Å². The number of nitrogens with one attached hydrogen (secondary N) is 1. The average molecular weight is 421 g/mol. The second-order valence-electron chi connectivity index (χ2n) is 7.16. The number of morpholine rings is 1. The number of anilines is 2. The number of rotatable bonds is 5. The Hall–Kier alpha value is -2.90. The number of amides is 1. The lowest BCUT2D eigenvalue weighted by Gasteiger charge is -2.27. The van der Waals surface area contributed by atoms with Crippen molar-refractivity contribution in [2.45, 2.75) is 23.8 Å². The molecule has 3 aromatic rings. The second kappa shape index (κ2) is 9.28. The molecular weight excluding hydrogens is 396 g/mol. The molecule has 2 aromatic heterocycles. The standard InChI is InChI=1S/C23H24N4O2S/c1-16-5-7-19(14-17(16)2)30-23-20(4-3-9-24-23)22(28)26-18-6-8-21(25-15-18)27-10-12-29-13-11-27/h3-9,14-15H,10-13H2,1-2H3,(H,26,28). The van der Waals surface area contributed by atoms with Crippen molar-refractivity contribution in [2.75, 3.05) is 36.5 Å². The lowest BCUT2D eigenvalue weighted by atomic mass is 10.1. The average Bonchev–Trinajstić information content (AvgIpc) is 2.78. The summed E-state index contributed by atoms with van der Waals surface area (Å²) in [6.45, 7) is 7.24. The summed E-state index contributed by atoms with van der Waals surface area (Å²) in [6.07, 6.45) is 3.40. The van der Waals surface area contributed by atoms with Gasteiger partial charge in [-0.05, 0) is 61.4 Å². The van der Waals surface area contributed by atoms with Gasteiger partial charge in [-0.15, -0.1) is 0 Å². The second-order valence-corrected chi connectivity index (χ2v) is 8.23. The third-order valence-corrected chi connectivity index (χ3v) is 6.06. The van der Waals surface area contributed by atoms with E-state index >= 15 is 0 Å². The molecule has 4 rings (SSSR count). The number of hydrogen-bond acceptors (Lipinski definition) is 6. The molecule has 1 saturated heterocycles. The van der Waals surface area contributed by atoms with E-state index < -0.39 is 0 Å². The molecule has 7 heteroatoms. The van der Waals surface area contributed by atoms with Crippen molar-refractivity contribution in [1.29, 1.82) is 0 Å². The first-order chi connectivity index (χ1) is 14.6. The minimum atomic E-state index is -0.199. The van der Waals surface area contributed by atoms with Crippen LogP contribution in [-0.4, -0.2) is 42.2 Å². The van der Waals surface area contributed by atoms with Gasteiger partial charge in [-0.1, -0.05) is 17.8 Å². The van der Waals surface area contributed by atoms with Gasteiger partial charge in [0.1, 0.15) is 10.8 Å². The Kier molecular flexibility index (Phi) is 6.30. The molecule has 1 amide bonds. The van der Waals surface area contributed by atoms with Crippen molar-refractivity contribution in [3.8, 4) is 0 Å². The van der Waals surface area contributed by atoms with Crippen LogP contribution < -0.4 is 10.2 Å². The van der Waals surface area contributed by atoms with Crippen molar-refractivity contribution in [1.82, 2.24) is 9.97 Å². The smallest absolute Gasteiger partial charge is 0.258 e. The van der Waals surface area contributed by atoms with Gasteiger partial charge in [0.2, 0.25) is 0 Å². The number of aryl methyl sites for hydroxylation is 2. The highest BCUT2D eigenvalue weighted by atomic mass is 32.2. The lowest BCUT2D eigenvalue weighted by molar-refractivity contribution is 0.102. The molecule has 1 aliphatic heterocycles. The van der Waals surface area contributed by atoms with Crippen LogP contribution in [0.1, 0.15) is 21.5 Å². The minimum absolute atomic E-state index is 0.199. The number of carbonyl (C=O) groups is 1. The Morgan fingerprint density at radius 3 is 2.63 bits per heavy atom. The molecule has 0 radical (unpaired) electrons. The highest BCUT2D eigenvalue weighted by Gasteiger charge is 2.16. The summed E-state index contributed by atoms with van der Waals surface area (Å²) in [6, 6.07) is 13.6. The maximum atomic E-state index is 12.9. The molecular formula is C23H24N4O2S. The van der Waals surface area contributed by atoms with Crippen LogP contribution in [0.5, 0.6) is 0 Å². The van der Waals surface area contributed by atoms with E-state index in [1.807, 2.05) is 12.1 Å². The summed E-state index contributed by atoms with van der Waals surface area (Å²) in [5.41, 5.74) is 3.65. The van der Waals surface area contributed by atoms with Gasteiger partial charge in [-0.25, -0.2) is 9.97 Å². The van der Waals surface area contributed by atoms with E-state index in [0.29, 0.717) is 29.5 Å². The molecule has 154 valence electrons. The molecule has 1 aliphatic rings. The molecule has 0 atom stereocenters. The quantitative estimate of drug-likeness (QED) is 0.663. The lowest BCUT2D eigenvalue weighted by Crippen LogP contribution is -2.36. The van der Waals surface area contributed by atoms with Crippen LogP contribution in [0.15, 0.2) is 64.8 Å². The fourth-order valence-electron chi connectivity index (χ4n) is 3.17. The third-order valence-electron chi connectivity index (χ3n) is 5.05. The summed E-state index contributed by atoms with van der Waals surface area (Å²) in [4.78, 5) is 25.1. The molecule has 0 unspecified atom stereocenters. The van der Waals surface area contributed by atoms with Crippen LogP contribution in [-0.2, 0) is 4.74 Å². The normalized spacial score (nSPS) is 13.9. The Morgan fingerprint density at radius 1 is 1.07 bits per heavy atom. The van der Waals surface area contributed by atoms with E-state index in [1.54, 1.807) is 24.5 Å². The van der Waals surface area contributed by atoms with Crippen LogP contribution >= 0.6 is 11.8 Å². The minimum Gasteiger partial charge on any atom is -0.378 e. The van der Waals surface area contributed by atoms with Crippen LogP contribution in [0.25, 0.3) is 0 Å². The molecule has 6 nitrogen and oxygen atoms in total. The molecule has 0 saturated carbocycles. The maximum Gasteiger partial charge on any atom is 0.258 e.